The van der Waals surface area contributed by atoms with Gasteiger partial charge in [-0.2, -0.15) is 0 Å². The second kappa shape index (κ2) is 6.46. The fraction of sp³-hybridized carbons (Fsp3) is 0.500. The van der Waals surface area contributed by atoms with Gasteiger partial charge in [-0.3, -0.25) is 4.99 Å². The molecule has 1 N–H and O–H groups in total. The Balaban J connectivity index is 2.11. The van der Waals surface area contributed by atoms with E-state index in [9.17, 15) is 15.3 Å². The molecule has 8 heteroatoms. The van der Waals surface area contributed by atoms with Crippen molar-refractivity contribution in [3.63, 3.8) is 0 Å². The van der Waals surface area contributed by atoms with Crippen LogP contribution in [0.3, 0.4) is 0 Å². The molecule has 0 saturated heterocycles. The third-order valence-corrected chi connectivity index (χ3v) is 4.87. The van der Waals surface area contributed by atoms with Crippen molar-refractivity contribution in [1.82, 2.24) is 14.7 Å². The van der Waals surface area contributed by atoms with E-state index < -0.39 is 10.7 Å². The van der Waals surface area contributed by atoms with Crippen LogP contribution in [0.25, 0.3) is 5.69 Å². The van der Waals surface area contributed by atoms with E-state index in [4.69, 9.17) is 0 Å². The van der Waals surface area contributed by atoms with Crippen LogP contribution in [0.1, 0.15) is 33.1 Å². The van der Waals surface area contributed by atoms with Gasteiger partial charge in [-0.1, -0.05) is 49.7 Å². The molecule has 1 fully saturated rings. The van der Waals surface area contributed by atoms with Crippen molar-refractivity contribution in [2.24, 2.45) is 16.8 Å². The van der Waals surface area contributed by atoms with E-state index in [0.29, 0.717) is 22.4 Å². The van der Waals surface area contributed by atoms with Gasteiger partial charge < -0.3 is 15.3 Å². The molecule has 1 aromatic carbocycles. The molecular formula is C16H21N5O3. The molecule has 1 aliphatic carbocycles. The molecule has 1 aliphatic rings. The number of para-hydroxylation sites is 1. The summed E-state index contributed by atoms with van der Waals surface area (Å²) in [5.74, 6) is 0.369. The van der Waals surface area contributed by atoms with Crippen LogP contribution in [0.4, 0.5) is 5.82 Å². The molecule has 2 aromatic rings. The number of aromatic nitrogens is 3. The molecule has 0 spiro atoms. The van der Waals surface area contributed by atoms with Crippen LogP contribution in [0.5, 0.6) is 0 Å². The van der Waals surface area contributed by atoms with Crippen LogP contribution >= 0.6 is 0 Å². The minimum absolute atomic E-state index is 0.0562. The maximum absolute atomic E-state index is 11.4. The van der Waals surface area contributed by atoms with Gasteiger partial charge in [-0.05, 0) is 40.1 Å². The summed E-state index contributed by atoms with van der Waals surface area (Å²) in [6.45, 7) is 4.27. The predicted molar refractivity (Wildman–Crippen MR) is 86.9 cm³/mol. The van der Waals surface area contributed by atoms with E-state index >= 15 is 0 Å². The number of nitro groups is 1. The van der Waals surface area contributed by atoms with Gasteiger partial charge >= 0.3 is 5.82 Å². The van der Waals surface area contributed by atoms with Crippen molar-refractivity contribution in [2.75, 3.05) is 0 Å². The van der Waals surface area contributed by atoms with Crippen LogP contribution in [-0.4, -0.2) is 30.9 Å². The molecule has 0 aliphatic heterocycles. The Morgan fingerprint density at radius 3 is 2.67 bits per heavy atom. The maximum Gasteiger partial charge on any atom is 0.438 e. The summed E-state index contributed by atoms with van der Waals surface area (Å²) >= 11 is 0. The molecule has 0 amide bonds. The zero-order chi connectivity index (χ0) is 17.3. The first-order chi connectivity index (χ1) is 11.5. The minimum Gasteiger partial charge on any atom is -0.409 e. The first kappa shape index (κ1) is 16.2. The van der Waals surface area contributed by atoms with E-state index in [-0.39, 0.29) is 11.5 Å². The average molecular weight is 331 g/mol. The molecule has 0 bridgehead atoms. The highest BCUT2D eigenvalue weighted by atomic mass is 16.6. The highest BCUT2D eigenvalue weighted by Crippen LogP contribution is 2.31. The lowest BCUT2D eigenvalue weighted by Crippen LogP contribution is -2.32. The molecular weight excluding hydrogens is 310 g/mol. The second-order valence-corrected chi connectivity index (χ2v) is 6.38. The molecule has 1 saturated carbocycles. The summed E-state index contributed by atoms with van der Waals surface area (Å²) < 4.78 is 0. The van der Waals surface area contributed by atoms with Crippen LogP contribution in [0, 0.1) is 22.0 Å². The van der Waals surface area contributed by atoms with Gasteiger partial charge in [0, 0.05) is 0 Å². The lowest BCUT2D eigenvalue weighted by atomic mass is 9.78. The minimum atomic E-state index is -0.609. The summed E-state index contributed by atoms with van der Waals surface area (Å²) in [6.07, 6.45) is 3.03. The summed E-state index contributed by atoms with van der Waals surface area (Å²) in [4.78, 5) is 17.0. The quantitative estimate of drug-likeness (QED) is 0.531. The Bertz CT molecular complexity index is 796. The average Bonchev–Trinajstić information content (AvgIpc) is 2.90. The topological polar surface area (TPSA) is 98.5 Å². The van der Waals surface area contributed by atoms with Crippen molar-refractivity contribution in [1.29, 1.82) is 0 Å². The lowest BCUT2D eigenvalue weighted by Gasteiger charge is -2.31. The van der Waals surface area contributed by atoms with Crippen LogP contribution in [0.15, 0.2) is 35.3 Å². The molecule has 0 unspecified atom stereocenters. The predicted octanol–water partition coefficient (Wildman–Crippen LogP) is 2.54. The standard InChI is InChI=1S/C16H21N5O3/c1-11-7-6-10-14(12(11)2)17-15-16(21(23)24)18-19(20(15)22)13-8-4-3-5-9-13/h3-5,8-9,11-12,14,22H,6-7,10H2,1-2H3/t11-,12+,14+/m0/s1. The normalized spacial score (nSPS) is 24.9. The SMILES string of the molecule is C[C@@H]1[C@@H](C)CCC[C@H]1N=c1c([N+](=O)[O-])nn(-c2ccccc2)n1O. The van der Waals surface area contributed by atoms with E-state index in [0.717, 1.165) is 24.1 Å². The van der Waals surface area contributed by atoms with Crippen molar-refractivity contribution < 1.29 is 10.1 Å². The summed E-state index contributed by atoms with van der Waals surface area (Å²) in [6, 6.07) is 8.71. The van der Waals surface area contributed by atoms with Gasteiger partial charge in [0.1, 0.15) is 5.69 Å². The van der Waals surface area contributed by atoms with E-state index in [2.05, 4.69) is 23.9 Å². The summed E-state index contributed by atoms with van der Waals surface area (Å²) in [5, 5.41) is 25.7. The largest absolute Gasteiger partial charge is 0.438 e. The summed E-state index contributed by atoms with van der Waals surface area (Å²) in [5.41, 5.74) is 0.421. The Morgan fingerprint density at radius 1 is 1.29 bits per heavy atom. The van der Waals surface area contributed by atoms with Gasteiger partial charge in [0.15, 0.2) is 0 Å². The first-order valence-electron chi connectivity index (χ1n) is 8.14. The van der Waals surface area contributed by atoms with Crippen LogP contribution in [0.2, 0.25) is 0 Å². The maximum atomic E-state index is 11.4. The Morgan fingerprint density at radius 2 is 2.00 bits per heavy atom. The number of hydrogen-bond acceptors (Lipinski definition) is 5. The van der Waals surface area contributed by atoms with Crippen molar-refractivity contribution in [3.05, 3.63) is 45.9 Å². The third kappa shape index (κ3) is 2.91. The molecule has 1 heterocycles. The highest BCUT2D eigenvalue weighted by Gasteiger charge is 2.30. The number of rotatable bonds is 3. The van der Waals surface area contributed by atoms with Gasteiger partial charge in [0.2, 0.25) is 0 Å². The van der Waals surface area contributed by atoms with Crippen molar-refractivity contribution in [2.45, 2.75) is 39.2 Å². The Labute approximate surface area is 139 Å². The van der Waals surface area contributed by atoms with E-state index in [1.54, 1.807) is 24.3 Å². The summed E-state index contributed by atoms with van der Waals surface area (Å²) in [7, 11) is 0. The molecule has 128 valence electrons. The number of nitrogens with zero attached hydrogens (tertiary/aromatic N) is 5. The Hall–Kier alpha value is -2.64. The fourth-order valence-corrected chi connectivity index (χ4v) is 3.21. The molecule has 8 nitrogen and oxygen atoms in total. The van der Waals surface area contributed by atoms with Gasteiger partial charge in [-0.15, -0.1) is 0 Å². The molecule has 3 rings (SSSR count). The molecule has 3 atom stereocenters. The second-order valence-electron chi connectivity index (χ2n) is 6.38. The number of hydrogen-bond donors (Lipinski definition) is 1. The fourth-order valence-electron chi connectivity index (χ4n) is 3.21. The van der Waals surface area contributed by atoms with Crippen molar-refractivity contribution in [3.8, 4) is 5.69 Å². The van der Waals surface area contributed by atoms with E-state index in [1.165, 1.54) is 0 Å². The van der Waals surface area contributed by atoms with E-state index in [1.807, 2.05) is 6.07 Å². The molecule has 1 aromatic heterocycles. The first-order valence-corrected chi connectivity index (χ1v) is 8.14. The Kier molecular flexibility index (Phi) is 4.37. The lowest BCUT2D eigenvalue weighted by molar-refractivity contribution is -0.391. The van der Waals surface area contributed by atoms with Gasteiger partial charge in [-0.25, -0.2) is 0 Å². The van der Waals surface area contributed by atoms with Gasteiger partial charge in [0.25, 0.3) is 5.49 Å². The number of benzene rings is 1. The third-order valence-electron chi connectivity index (χ3n) is 4.87. The van der Waals surface area contributed by atoms with Crippen LogP contribution < -0.4 is 5.49 Å². The molecule has 0 radical (unpaired) electrons. The highest BCUT2D eigenvalue weighted by molar-refractivity contribution is 5.29. The monoisotopic (exact) mass is 331 g/mol. The zero-order valence-electron chi connectivity index (χ0n) is 13.7. The molecule has 24 heavy (non-hydrogen) atoms. The van der Waals surface area contributed by atoms with Crippen LogP contribution in [-0.2, 0) is 0 Å². The smallest absolute Gasteiger partial charge is 0.409 e. The zero-order valence-corrected chi connectivity index (χ0v) is 13.7. The van der Waals surface area contributed by atoms with Gasteiger partial charge in [0.05, 0.1) is 11.1 Å². The van der Waals surface area contributed by atoms with Crippen molar-refractivity contribution >= 4 is 5.82 Å².